The third-order valence-electron chi connectivity index (χ3n) is 4.46. The van der Waals surface area contributed by atoms with Gasteiger partial charge in [0.15, 0.2) is 5.65 Å². The molecule has 4 rings (SSSR count). The Morgan fingerprint density at radius 1 is 1.13 bits per heavy atom. The molecule has 0 saturated heterocycles. The number of aromatic nitrogens is 2. The topological polar surface area (TPSA) is 85.8 Å². The zero-order chi connectivity index (χ0) is 22.1. The van der Waals surface area contributed by atoms with Crippen molar-refractivity contribution in [2.75, 3.05) is 5.32 Å². The lowest BCUT2D eigenvalue weighted by Crippen LogP contribution is -2.15. The van der Waals surface area contributed by atoms with Crippen LogP contribution < -0.4 is 15.6 Å². The van der Waals surface area contributed by atoms with Gasteiger partial charge in [-0.1, -0.05) is 29.3 Å². The van der Waals surface area contributed by atoms with Gasteiger partial charge in [-0.3, -0.25) is 9.59 Å². The number of ether oxygens (including phenoxy) is 1. The van der Waals surface area contributed by atoms with Crippen LogP contribution in [-0.4, -0.2) is 15.5 Å². The summed E-state index contributed by atoms with van der Waals surface area (Å²) < 4.78 is 12.3. The Kier molecular flexibility index (Phi) is 5.71. The molecule has 0 aliphatic rings. The van der Waals surface area contributed by atoms with Crippen LogP contribution in [0, 0.1) is 13.8 Å². The van der Waals surface area contributed by atoms with Crippen LogP contribution in [0.25, 0.3) is 5.65 Å². The number of hydrogen-bond donors (Lipinski definition) is 1. The first-order chi connectivity index (χ1) is 14.8. The number of hydrogen-bond acceptors (Lipinski definition) is 5. The molecule has 0 fully saturated rings. The number of aryl methyl sites for hydroxylation is 2. The van der Waals surface area contributed by atoms with Gasteiger partial charge in [-0.05, 0) is 49.7 Å². The Labute approximate surface area is 187 Å². The highest BCUT2D eigenvalue weighted by Crippen LogP contribution is 2.28. The molecule has 2 heterocycles. The van der Waals surface area contributed by atoms with E-state index in [1.165, 1.54) is 12.1 Å². The fourth-order valence-corrected chi connectivity index (χ4v) is 3.52. The second-order valence-corrected chi connectivity index (χ2v) is 7.79. The predicted octanol–water partition coefficient (Wildman–Crippen LogP) is 5.04. The maximum absolute atomic E-state index is 12.7. The molecule has 0 saturated carbocycles. The quantitative estimate of drug-likeness (QED) is 0.453. The molecule has 158 valence electrons. The van der Waals surface area contributed by atoms with E-state index in [9.17, 15) is 9.59 Å². The molecule has 0 spiro atoms. The summed E-state index contributed by atoms with van der Waals surface area (Å²) in [6, 6.07) is 13.0. The molecule has 0 aliphatic carbocycles. The molecule has 2 aromatic carbocycles. The normalized spacial score (nSPS) is 11.0. The van der Waals surface area contributed by atoms with Gasteiger partial charge in [0.1, 0.15) is 18.1 Å². The van der Waals surface area contributed by atoms with Crippen molar-refractivity contribution in [2.24, 2.45) is 0 Å². The Morgan fingerprint density at radius 2 is 1.94 bits per heavy atom. The fraction of sp³-hybridized carbons (Fsp3) is 0.136. The molecule has 31 heavy (non-hydrogen) atoms. The summed E-state index contributed by atoms with van der Waals surface area (Å²) in [5.74, 6) is 0.602. The van der Waals surface area contributed by atoms with Crippen LogP contribution in [-0.2, 0) is 6.61 Å². The van der Waals surface area contributed by atoms with Crippen LogP contribution in [0.4, 0.5) is 5.69 Å². The second kappa shape index (κ2) is 8.45. The van der Waals surface area contributed by atoms with E-state index in [4.69, 9.17) is 32.5 Å². The number of rotatable bonds is 5. The summed E-state index contributed by atoms with van der Waals surface area (Å²) in [7, 11) is 0. The van der Waals surface area contributed by atoms with Gasteiger partial charge in [-0.25, -0.2) is 4.98 Å². The maximum atomic E-state index is 12.7. The van der Waals surface area contributed by atoms with Crippen molar-refractivity contribution in [1.29, 1.82) is 0 Å². The van der Waals surface area contributed by atoms with E-state index < -0.39 is 5.91 Å². The molecule has 7 nitrogen and oxygen atoms in total. The van der Waals surface area contributed by atoms with Crippen LogP contribution in [0.3, 0.4) is 0 Å². The summed E-state index contributed by atoms with van der Waals surface area (Å²) in [5.41, 5.74) is 2.17. The molecule has 0 unspecified atom stereocenters. The Morgan fingerprint density at radius 3 is 2.71 bits per heavy atom. The average molecular weight is 458 g/mol. The number of carbonyl (C=O) groups is 1. The first kappa shape index (κ1) is 21.0. The van der Waals surface area contributed by atoms with E-state index in [2.05, 4.69) is 10.3 Å². The standard InChI is InChI=1S/C22H17Cl2N3O4/c1-12-3-6-19(18(7-12)26-22(29)16-5-4-14(23)9-17(16)24)30-11-15-10-21(28)27-20(25-15)8-13(2)31-27/h3-10H,11H2,1-2H3,(H,26,29). The summed E-state index contributed by atoms with van der Waals surface area (Å²) in [6.45, 7) is 3.66. The number of amides is 1. The molecule has 0 aliphatic heterocycles. The van der Waals surface area contributed by atoms with Crippen molar-refractivity contribution in [2.45, 2.75) is 20.5 Å². The molecule has 0 radical (unpaired) electrons. The van der Waals surface area contributed by atoms with Crippen LogP contribution in [0.2, 0.25) is 10.0 Å². The number of fused-ring (bicyclic) bond motifs is 1. The lowest BCUT2D eigenvalue weighted by atomic mass is 10.1. The fourth-order valence-electron chi connectivity index (χ4n) is 3.03. The minimum atomic E-state index is -0.399. The Balaban J connectivity index is 1.57. The largest absolute Gasteiger partial charge is 0.485 e. The van der Waals surface area contributed by atoms with Crippen LogP contribution in [0.15, 0.2) is 57.8 Å². The molecule has 0 atom stereocenters. The third kappa shape index (κ3) is 4.57. The van der Waals surface area contributed by atoms with E-state index in [0.29, 0.717) is 33.6 Å². The van der Waals surface area contributed by atoms with E-state index in [1.807, 2.05) is 13.0 Å². The van der Waals surface area contributed by atoms with Crippen molar-refractivity contribution in [3.05, 3.63) is 91.5 Å². The van der Waals surface area contributed by atoms with Crippen molar-refractivity contribution >= 4 is 40.4 Å². The summed E-state index contributed by atoms with van der Waals surface area (Å²) in [4.78, 5) is 29.3. The highest BCUT2D eigenvalue weighted by atomic mass is 35.5. The lowest BCUT2D eigenvalue weighted by Gasteiger charge is -2.14. The molecule has 4 aromatic rings. The highest BCUT2D eigenvalue weighted by molar-refractivity contribution is 6.37. The number of anilines is 1. The van der Waals surface area contributed by atoms with E-state index >= 15 is 0 Å². The van der Waals surface area contributed by atoms with E-state index in [1.54, 1.807) is 37.3 Å². The van der Waals surface area contributed by atoms with Gasteiger partial charge in [0, 0.05) is 17.2 Å². The average Bonchev–Trinajstić information content (AvgIpc) is 3.08. The van der Waals surface area contributed by atoms with Gasteiger partial charge in [0.2, 0.25) is 0 Å². The van der Waals surface area contributed by atoms with Gasteiger partial charge in [0.05, 0.1) is 22.0 Å². The molecular formula is C22H17Cl2N3O4. The number of carbonyl (C=O) groups excluding carboxylic acids is 1. The van der Waals surface area contributed by atoms with Gasteiger partial charge in [-0.15, -0.1) is 4.57 Å². The van der Waals surface area contributed by atoms with Crippen molar-refractivity contribution < 1.29 is 14.1 Å². The lowest BCUT2D eigenvalue weighted by molar-refractivity contribution is 0.102. The monoisotopic (exact) mass is 457 g/mol. The first-order valence-electron chi connectivity index (χ1n) is 9.29. The van der Waals surface area contributed by atoms with E-state index in [0.717, 1.165) is 10.1 Å². The first-order valence-corrected chi connectivity index (χ1v) is 10.1. The minimum Gasteiger partial charge on any atom is -0.485 e. The zero-order valence-electron chi connectivity index (χ0n) is 16.6. The number of nitrogens with one attached hydrogen (secondary N) is 1. The van der Waals surface area contributed by atoms with Crippen molar-refractivity contribution in [1.82, 2.24) is 9.56 Å². The van der Waals surface area contributed by atoms with Gasteiger partial charge >= 0.3 is 0 Å². The summed E-state index contributed by atoms with van der Waals surface area (Å²) >= 11 is 12.0. The highest BCUT2D eigenvalue weighted by Gasteiger charge is 2.15. The summed E-state index contributed by atoms with van der Waals surface area (Å²) in [6.07, 6.45) is 0. The third-order valence-corrected chi connectivity index (χ3v) is 5.01. The molecule has 1 N–H and O–H groups in total. The van der Waals surface area contributed by atoms with E-state index in [-0.39, 0.29) is 22.8 Å². The minimum absolute atomic E-state index is 0.0313. The van der Waals surface area contributed by atoms with Crippen LogP contribution >= 0.6 is 23.2 Å². The number of benzene rings is 2. The number of halogens is 2. The predicted molar refractivity (Wildman–Crippen MR) is 118 cm³/mol. The van der Waals surface area contributed by atoms with Crippen molar-refractivity contribution in [3.63, 3.8) is 0 Å². The zero-order valence-corrected chi connectivity index (χ0v) is 18.1. The van der Waals surface area contributed by atoms with Gasteiger partial charge in [-0.2, -0.15) is 0 Å². The molecule has 2 aromatic heterocycles. The molecule has 9 heteroatoms. The smallest absolute Gasteiger partial charge is 0.287 e. The molecular weight excluding hydrogens is 441 g/mol. The number of nitrogens with zero attached hydrogens (tertiary/aromatic N) is 2. The Hall–Kier alpha value is -3.29. The second-order valence-electron chi connectivity index (χ2n) is 6.95. The Bertz CT molecular complexity index is 1360. The van der Waals surface area contributed by atoms with Gasteiger partial charge < -0.3 is 14.6 Å². The van der Waals surface area contributed by atoms with Gasteiger partial charge in [0.25, 0.3) is 11.5 Å². The molecule has 1 amide bonds. The molecule has 0 bridgehead atoms. The maximum Gasteiger partial charge on any atom is 0.287 e. The summed E-state index contributed by atoms with van der Waals surface area (Å²) in [5, 5.41) is 3.50. The SMILES string of the molecule is Cc1ccc(OCc2cc(=O)n3oc(C)cc3n2)c(NC(=O)c2ccc(Cl)cc2Cl)c1. The van der Waals surface area contributed by atoms with Crippen LogP contribution in [0.1, 0.15) is 27.4 Å². The van der Waals surface area contributed by atoms with Crippen LogP contribution in [0.5, 0.6) is 5.75 Å². The van der Waals surface area contributed by atoms with Crippen molar-refractivity contribution in [3.8, 4) is 5.75 Å².